The van der Waals surface area contributed by atoms with Crippen LogP contribution in [0.4, 0.5) is 11.4 Å². The summed E-state index contributed by atoms with van der Waals surface area (Å²) in [6.45, 7) is 7.65. The van der Waals surface area contributed by atoms with Crippen LogP contribution in [0.25, 0.3) is 5.70 Å². The number of nitrogens with one attached hydrogen (secondary N) is 1. The standard InChI is InChI=1S/C26H26ClN3O2.H2/c1-20(21-7-3-2-4-8-21)29-15-17-30(18-16-29)25-10-6-5-9-24(25)28-26(31)19-32-23-13-11-22(27)12-14-23;/h2-14H,1,15-19H2,(H,28,31);1H. The molecule has 1 amide bonds. The van der Waals surface area contributed by atoms with Gasteiger partial charge in [-0.05, 0) is 42.0 Å². The number of carbonyl (C=O) groups excluding carboxylic acids is 1. The van der Waals surface area contributed by atoms with Crippen molar-refractivity contribution in [2.75, 3.05) is 43.0 Å². The molecule has 0 saturated carbocycles. The van der Waals surface area contributed by atoms with E-state index in [1.807, 2.05) is 42.5 Å². The van der Waals surface area contributed by atoms with Crippen LogP contribution in [0.2, 0.25) is 5.02 Å². The van der Waals surface area contributed by atoms with Gasteiger partial charge < -0.3 is 19.9 Å². The number of rotatable bonds is 7. The van der Waals surface area contributed by atoms with Crippen LogP contribution in [0, 0.1) is 0 Å². The van der Waals surface area contributed by atoms with E-state index in [0.29, 0.717) is 10.8 Å². The summed E-state index contributed by atoms with van der Waals surface area (Å²) in [5.74, 6) is 0.399. The molecule has 166 valence electrons. The van der Waals surface area contributed by atoms with Gasteiger partial charge in [0, 0.05) is 38.3 Å². The number of amides is 1. The zero-order chi connectivity index (χ0) is 22.3. The molecule has 0 aliphatic carbocycles. The number of carbonyl (C=O) groups is 1. The van der Waals surface area contributed by atoms with E-state index in [-0.39, 0.29) is 13.9 Å². The largest absolute Gasteiger partial charge is 0.484 e. The molecule has 1 fully saturated rings. The number of halogens is 1. The molecule has 3 aromatic rings. The van der Waals surface area contributed by atoms with E-state index in [9.17, 15) is 4.79 Å². The third-order valence-corrected chi connectivity index (χ3v) is 5.72. The molecule has 1 aliphatic heterocycles. The fraction of sp³-hybridized carbons (Fsp3) is 0.192. The van der Waals surface area contributed by atoms with Crippen molar-refractivity contribution in [1.29, 1.82) is 0 Å². The zero-order valence-electron chi connectivity index (χ0n) is 17.8. The molecule has 32 heavy (non-hydrogen) atoms. The normalized spacial score (nSPS) is 13.5. The molecule has 1 heterocycles. The summed E-state index contributed by atoms with van der Waals surface area (Å²) in [6.07, 6.45) is 0. The van der Waals surface area contributed by atoms with Crippen molar-refractivity contribution in [2.24, 2.45) is 0 Å². The third-order valence-electron chi connectivity index (χ3n) is 5.47. The van der Waals surface area contributed by atoms with Gasteiger partial charge in [-0.2, -0.15) is 0 Å². The summed E-state index contributed by atoms with van der Waals surface area (Å²) in [7, 11) is 0. The van der Waals surface area contributed by atoms with E-state index in [1.165, 1.54) is 0 Å². The minimum Gasteiger partial charge on any atom is -0.484 e. The second-order valence-corrected chi connectivity index (χ2v) is 8.03. The fourth-order valence-electron chi connectivity index (χ4n) is 3.75. The molecule has 0 unspecified atom stereocenters. The highest BCUT2D eigenvalue weighted by Gasteiger charge is 2.21. The number of ether oxygens (including phenoxy) is 1. The Kier molecular flexibility index (Phi) is 6.97. The van der Waals surface area contributed by atoms with E-state index in [2.05, 4.69) is 33.8 Å². The lowest BCUT2D eigenvalue weighted by Crippen LogP contribution is -2.45. The van der Waals surface area contributed by atoms with E-state index < -0.39 is 0 Å². The molecule has 0 aromatic heterocycles. The molecule has 5 nitrogen and oxygen atoms in total. The summed E-state index contributed by atoms with van der Waals surface area (Å²) < 4.78 is 5.56. The molecule has 1 N–H and O–H groups in total. The van der Waals surface area contributed by atoms with Gasteiger partial charge in [0.15, 0.2) is 6.61 Å². The smallest absolute Gasteiger partial charge is 0.262 e. The number of nitrogens with zero attached hydrogens (tertiary/aromatic N) is 2. The number of piperazine rings is 1. The van der Waals surface area contributed by atoms with Gasteiger partial charge in [0.05, 0.1) is 11.4 Å². The maximum atomic E-state index is 12.5. The second-order valence-electron chi connectivity index (χ2n) is 7.59. The molecular formula is C26H28ClN3O2. The lowest BCUT2D eigenvalue weighted by atomic mass is 10.1. The topological polar surface area (TPSA) is 44.8 Å². The Morgan fingerprint density at radius 2 is 1.59 bits per heavy atom. The van der Waals surface area contributed by atoms with E-state index in [0.717, 1.165) is 48.8 Å². The fourth-order valence-corrected chi connectivity index (χ4v) is 3.88. The molecule has 1 saturated heterocycles. The van der Waals surface area contributed by atoms with Crippen LogP contribution in [0.15, 0.2) is 85.4 Å². The molecule has 0 atom stereocenters. The summed E-state index contributed by atoms with van der Waals surface area (Å²) in [5.41, 5.74) is 3.99. The van der Waals surface area contributed by atoms with Crippen molar-refractivity contribution in [1.82, 2.24) is 4.90 Å². The lowest BCUT2D eigenvalue weighted by molar-refractivity contribution is -0.118. The van der Waals surface area contributed by atoms with Crippen LogP contribution in [0.3, 0.4) is 0 Å². The highest BCUT2D eigenvalue weighted by Crippen LogP contribution is 2.28. The third kappa shape index (κ3) is 5.42. The summed E-state index contributed by atoms with van der Waals surface area (Å²) >= 11 is 5.88. The van der Waals surface area contributed by atoms with Crippen molar-refractivity contribution in [3.8, 4) is 5.75 Å². The Labute approximate surface area is 195 Å². The highest BCUT2D eigenvalue weighted by atomic mass is 35.5. The maximum Gasteiger partial charge on any atom is 0.262 e. The van der Waals surface area contributed by atoms with Gasteiger partial charge in [0.1, 0.15) is 5.75 Å². The van der Waals surface area contributed by atoms with Crippen LogP contribution in [-0.4, -0.2) is 43.6 Å². The Balaban J connectivity index is 0.00000306. The van der Waals surface area contributed by atoms with Gasteiger partial charge in [-0.25, -0.2) is 0 Å². The second kappa shape index (κ2) is 10.2. The molecule has 0 bridgehead atoms. The Bertz CT molecular complexity index is 1070. The Morgan fingerprint density at radius 1 is 0.938 bits per heavy atom. The first-order valence-electron chi connectivity index (χ1n) is 10.6. The molecule has 6 heteroatoms. The number of para-hydroxylation sites is 2. The van der Waals surface area contributed by atoms with Crippen LogP contribution in [0.5, 0.6) is 5.75 Å². The van der Waals surface area contributed by atoms with Crippen molar-refractivity contribution in [3.63, 3.8) is 0 Å². The number of anilines is 2. The summed E-state index contributed by atoms with van der Waals surface area (Å²) in [4.78, 5) is 17.1. The van der Waals surface area contributed by atoms with Crippen LogP contribution in [-0.2, 0) is 4.79 Å². The number of hydrogen-bond acceptors (Lipinski definition) is 4. The van der Waals surface area contributed by atoms with E-state index in [4.69, 9.17) is 16.3 Å². The van der Waals surface area contributed by atoms with Crippen molar-refractivity contribution in [3.05, 3.63) is 96.0 Å². The first-order valence-corrected chi connectivity index (χ1v) is 11.0. The van der Waals surface area contributed by atoms with Gasteiger partial charge in [0.2, 0.25) is 0 Å². The van der Waals surface area contributed by atoms with Crippen molar-refractivity contribution in [2.45, 2.75) is 0 Å². The van der Waals surface area contributed by atoms with E-state index >= 15 is 0 Å². The van der Waals surface area contributed by atoms with Crippen molar-refractivity contribution < 1.29 is 11.0 Å². The molecular weight excluding hydrogens is 422 g/mol. The predicted molar refractivity (Wildman–Crippen MR) is 133 cm³/mol. The van der Waals surface area contributed by atoms with Gasteiger partial charge in [-0.3, -0.25) is 4.79 Å². The number of benzene rings is 3. The van der Waals surface area contributed by atoms with Gasteiger partial charge in [0.25, 0.3) is 5.91 Å². The van der Waals surface area contributed by atoms with Gasteiger partial charge in [-0.15, -0.1) is 0 Å². The Morgan fingerprint density at radius 3 is 2.31 bits per heavy atom. The first-order chi connectivity index (χ1) is 15.6. The van der Waals surface area contributed by atoms with Crippen LogP contribution >= 0.6 is 11.6 Å². The quantitative estimate of drug-likeness (QED) is 0.524. The average molecular weight is 450 g/mol. The first kappa shape index (κ1) is 21.8. The van der Waals surface area contributed by atoms with E-state index in [1.54, 1.807) is 24.3 Å². The van der Waals surface area contributed by atoms with Crippen molar-refractivity contribution >= 4 is 34.6 Å². The maximum absolute atomic E-state index is 12.5. The monoisotopic (exact) mass is 449 g/mol. The Hall–Kier alpha value is -3.44. The average Bonchev–Trinajstić information content (AvgIpc) is 2.84. The molecule has 4 rings (SSSR count). The minimum absolute atomic E-state index is 0. The molecule has 1 aliphatic rings. The zero-order valence-corrected chi connectivity index (χ0v) is 18.6. The van der Waals surface area contributed by atoms with Crippen LogP contribution in [0.1, 0.15) is 6.99 Å². The summed E-state index contributed by atoms with van der Waals surface area (Å²) in [6, 6.07) is 25.1. The molecule has 3 aromatic carbocycles. The van der Waals surface area contributed by atoms with Gasteiger partial charge in [-0.1, -0.05) is 60.6 Å². The number of hydrogen-bond donors (Lipinski definition) is 1. The SMILES string of the molecule is C=C(c1ccccc1)N1CCN(c2ccccc2NC(=O)COc2ccc(Cl)cc2)CC1.[HH]. The molecule has 0 radical (unpaired) electrons. The minimum atomic E-state index is -0.205. The predicted octanol–water partition coefficient (Wildman–Crippen LogP) is 5.40. The van der Waals surface area contributed by atoms with Gasteiger partial charge >= 0.3 is 0 Å². The highest BCUT2D eigenvalue weighted by molar-refractivity contribution is 6.30. The lowest BCUT2D eigenvalue weighted by Gasteiger charge is -2.39. The van der Waals surface area contributed by atoms with Crippen LogP contribution < -0.4 is 15.0 Å². The molecule has 0 spiro atoms. The summed E-state index contributed by atoms with van der Waals surface area (Å²) in [5, 5.41) is 3.61.